The molecule has 0 bridgehead atoms. The summed E-state index contributed by atoms with van der Waals surface area (Å²) in [7, 11) is 0. The van der Waals surface area contributed by atoms with Crippen molar-refractivity contribution >= 4 is 11.6 Å². The standard InChI is InChI=1S/C11H14ClN5/c1-2-13-7-11-14-15-16-17(11)8-9-4-3-5-10(12)6-9/h3-6,13H,2,7-8H2,1H3. The highest BCUT2D eigenvalue weighted by Gasteiger charge is 2.05. The number of hydrogen-bond donors (Lipinski definition) is 1. The lowest BCUT2D eigenvalue weighted by Crippen LogP contribution is -2.17. The summed E-state index contributed by atoms with van der Waals surface area (Å²) in [5.74, 6) is 0.826. The minimum absolute atomic E-state index is 0.633. The van der Waals surface area contributed by atoms with E-state index in [2.05, 4.69) is 20.8 Å². The number of nitrogens with zero attached hydrogens (tertiary/aromatic N) is 4. The van der Waals surface area contributed by atoms with Gasteiger partial charge in [-0.05, 0) is 34.7 Å². The SMILES string of the molecule is CCNCc1nnnn1Cc1cccc(Cl)c1. The van der Waals surface area contributed by atoms with Crippen molar-refractivity contribution in [1.29, 1.82) is 0 Å². The average Bonchev–Trinajstić information content (AvgIpc) is 2.74. The maximum atomic E-state index is 5.94. The fraction of sp³-hybridized carbons (Fsp3) is 0.364. The van der Waals surface area contributed by atoms with E-state index in [1.807, 2.05) is 31.2 Å². The van der Waals surface area contributed by atoms with Gasteiger partial charge in [0.05, 0.1) is 13.1 Å². The van der Waals surface area contributed by atoms with Gasteiger partial charge >= 0.3 is 0 Å². The Morgan fingerprint density at radius 1 is 1.41 bits per heavy atom. The molecular formula is C11H14ClN5. The molecule has 0 aliphatic carbocycles. The summed E-state index contributed by atoms with van der Waals surface area (Å²) in [5, 5.41) is 15.6. The third-order valence-electron chi connectivity index (χ3n) is 2.36. The number of nitrogens with one attached hydrogen (secondary N) is 1. The van der Waals surface area contributed by atoms with Crippen molar-refractivity contribution in [2.75, 3.05) is 6.54 Å². The summed E-state index contributed by atoms with van der Waals surface area (Å²) in [4.78, 5) is 0. The molecule has 0 fully saturated rings. The number of halogens is 1. The molecule has 90 valence electrons. The van der Waals surface area contributed by atoms with Gasteiger partial charge in [-0.2, -0.15) is 0 Å². The molecule has 0 unspecified atom stereocenters. The van der Waals surface area contributed by atoms with E-state index in [4.69, 9.17) is 11.6 Å². The Balaban J connectivity index is 2.10. The maximum absolute atomic E-state index is 5.94. The largest absolute Gasteiger partial charge is 0.310 e. The molecule has 0 saturated carbocycles. The second kappa shape index (κ2) is 5.75. The van der Waals surface area contributed by atoms with Gasteiger partial charge in [-0.15, -0.1) is 5.10 Å². The second-order valence-corrected chi connectivity index (χ2v) is 4.10. The number of benzene rings is 1. The molecule has 5 nitrogen and oxygen atoms in total. The normalized spacial score (nSPS) is 10.7. The van der Waals surface area contributed by atoms with E-state index in [-0.39, 0.29) is 0 Å². The first-order valence-corrected chi connectivity index (χ1v) is 5.87. The fourth-order valence-corrected chi connectivity index (χ4v) is 1.73. The first-order chi connectivity index (χ1) is 8.29. The van der Waals surface area contributed by atoms with Crippen LogP contribution >= 0.6 is 11.6 Å². The lowest BCUT2D eigenvalue weighted by molar-refractivity contribution is 0.588. The summed E-state index contributed by atoms with van der Waals surface area (Å²) in [6.07, 6.45) is 0. The Labute approximate surface area is 105 Å². The van der Waals surface area contributed by atoms with Crippen LogP contribution in [0.5, 0.6) is 0 Å². The van der Waals surface area contributed by atoms with Gasteiger partial charge in [0.25, 0.3) is 0 Å². The lowest BCUT2D eigenvalue weighted by Gasteiger charge is -2.05. The van der Waals surface area contributed by atoms with E-state index in [9.17, 15) is 0 Å². The van der Waals surface area contributed by atoms with Crippen LogP contribution in [0.4, 0.5) is 0 Å². The zero-order valence-corrected chi connectivity index (χ0v) is 10.4. The molecule has 6 heteroatoms. The Morgan fingerprint density at radius 3 is 3.06 bits per heavy atom. The topological polar surface area (TPSA) is 55.6 Å². The van der Waals surface area contributed by atoms with E-state index < -0.39 is 0 Å². The lowest BCUT2D eigenvalue weighted by atomic mass is 10.2. The van der Waals surface area contributed by atoms with Crippen LogP contribution in [-0.4, -0.2) is 26.8 Å². The predicted octanol–water partition coefficient (Wildman–Crippen LogP) is 1.48. The molecule has 0 atom stereocenters. The van der Waals surface area contributed by atoms with Crippen LogP contribution in [0.15, 0.2) is 24.3 Å². The van der Waals surface area contributed by atoms with Crippen molar-refractivity contribution in [2.24, 2.45) is 0 Å². The summed E-state index contributed by atoms with van der Waals surface area (Å²) < 4.78 is 1.77. The molecule has 1 N–H and O–H groups in total. The van der Waals surface area contributed by atoms with Gasteiger partial charge in [-0.1, -0.05) is 30.7 Å². The molecule has 0 spiro atoms. The monoisotopic (exact) mass is 251 g/mol. The van der Waals surface area contributed by atoms with Crippen LogP contribution in [0.25, 0.3) is 0 Å². The highest BCUT2D eigenvalue weighted by atomic mass is 35.5. The van der Waals surface area contributed by atoms with E-state index in [1.165, 1.54) is 0 Å². The molecule has 0 amide bonds. The van der Waals surface area contributed by atoms with E-state index in [0.717, 1.165) is 23.0 Å². The Morgan fingerprint density at radius 2 is 2.29 bits per heavy atom. The van der Waals surface area contributed by atoms with Crippen molar-refractivity contribution in [2.45, 2.75) is 20.0 Å². The predicted molar refractivity (Wildman–Crippen MR) is 65.8 cm³/mol. The third-order valence-corrected chi connectivity index (χ3v) is 2.60. The highest BCUT2D eigenvalue weighted by molar-refractivity contribution is 6.30. The zero-order valence-electron chi connectivity index (χ0n) is 9.60. The van der Waals surface area contributed by atoms with Crippen LogP contribution in [-0.2, 0) is 13.1 Å². The molecule has 2 aromatic rings. The van der Waals surface area contributed by atoms with E-state index in [1.54, 1.807) is 4.68 Å². The smallest absolute Gasteiger partial charge is 0.165 e. The summed E-state index contributed by atoms with van der Waals surface area (Å²) >= 11 is 5.94. The van der Waals surface area contributed by atoms with Crippen LogP contribution in [0.1, 0.15) is 18.3 Å². The zero-order chi connectivity index (χ0) is 12.1. The summed E-state index contributed by atoms with van der Waals surface area (Å²) in [6, 6.07) is 7.70. The quantitative estimate of drug-likeness (QED) is 0.875. The summed E-state index contributed by atoms with van der Waals surface area (Å²) in [5.41, 5.74) is 1.09. The van der Waals surface area contributed by atoms with Crippen LogP contribution in [0.3, 0.4) is 0 Å². The molecule has 0 saturated heterocycles. The van der Waals surface area contributed by atoms with Gasteiger partial charge in [-0.3, -0.25) is 0 Å². The van der Waals surface area contributed by atoms with Gasteiger partial charge < -0.3 is 5.32 Å². The highest BCUT2D eigenvalue weighted by Crippen LogP contribution is 2.11. The van der Waals surface area contributed by atoms with Crippen molar-refractivity contribution in [3.8, 4) is 0 Å². The minimum Gasteiger partial charge on any atom is -0.310 e. The van der Waals surface area contributed by atoms with E-state index in [0.29, 0.717) is 13.1 Å². The second-order valence-electron chi connectivity index (χ2n) is 3.66. The van der Waals surface area contributed by atoms with Crippen molar-refractivity contribution in [3.05, 3.63) is 40.7 Å². The Bertz CT molecular complexity index is 482. The minimum atomic E-state index is 0.633. The van der Waals surface area contributed by atoms with Crippen LogP contribution in [0, 0.1) is 0 Å². The molecule has 1 heterocycles. The van der Waals surface area contributed by atoms with Crippen LogP contribution < -0.4 is 5.32 Å². The van der Waals surface area contributed by atoms with Gasteiger partial charge in [0.15, 0.2) is 5.82 Å². The van der Waals surface area contributed by atoms with Gasteiger partial charge in [-0.25, -0.2) is 4.68 Å². The van der Waals surface area contributed by atoms with Crippen molar-refractivity contribution < 1.29 is 0 Å². The van der Waals surface area contributed by atoms with Crippen LogP contribution in [0.2, 0.25) is 5.02 Å². The maximum Gasteiger partial charge on any atom is 0.165 e. The van der Waals surface area contributed by atoms with Gasteiger partial charge in [0.1, 0.15) is 0 Å². The fourth-order valence-electron chi connectivity index (χ4n) is 1.52. The van der Waals surface area contributed by atoms with Gasteiger partial charge in [0.2, 0.25) is 0 Å². The third kappa shape index (κ3) is 3.25. The molecule has 17 heavy (non-hydrogen) atoms. The molecule has 1 aromatic heterocycles. The number of tetrazole rings is 1. The molecule has 2 rings (SSSR count). The number of aromatic nitrogens is 4. The van der Waals surface area contributed by atoms with Gasteiger partial charge in [0, 0.05) is 5.02 Å². The van der Waals surface area contributed by atoms with Crippen molar-refractivity contribution in [3.63, 3.8) is 0 Å². The molecule has 0 aliphatic rings. The Kier molecular flexibility index (Phi) is 4.06. The first kappa shape index (κ1) is 12.0. The van der Waals surface area contributed by atoms with E-state index >= 15 is 0 Å². The Hall–Kier alpha value is -1.46. The molecule has 0 aliphatic heterocycles. The summed E-state index contributed by atoms with van der Waals surface area (Å²) in [6.45, 7) is 4.24. The average molecular weight is 252 g/mol. The first-order valence-electron chi connectivity index (χ1n) is 5.50. The van der Waals surface area contributed by atoms with Crippen molar-refractivity contribution in [1.82, 2.24) is 25.5 Å². The number of hydrogen-bond acceptors (Lipinski definition) is 4. The molecular weight excluding hydrogens is 238 g/mol. The number of rotatable bonds is 5. The molecule has 1 aromatic carbocycles. The molecule has 0 radical (unpaired) electrons.